The molecule has 1 N–H and O–H groups in total. The zero-order chi connectivity index (χ0) is 22.3. The summed E-state index contributed by atoms with van der Waals surface area (Å²) in [4.78, 5) is 14.5. The quantitative estimate of drug-likeness (QED) is 0.373. The smallest absolute Gasteiger partial charge is 0.270 e. The third-order valence-corrected chi connectivity index (χ3v) is 5.41. The number of aromatic nitrogens is 5. The summed E-state index contributed by atoms with van der Waals surface area (Å²) in [5.41, 5.74) is -1.10. The number of hydrogen-bond donors (Lipinski definition) is 1. The Kier molecular flexibility index (Phi) is 4.97. The lowest BCUT2D eigenvalue weighted by Gasteiger charge is -2.35. The molecule has 31 heavy (non-hydrogen) atoms. The Morgan fingerprint density at radius 3 is 2.68 bits per heavy atom. The number of nitro benzene ring substituents is 1. The van der Waals surface area contributed by atoms with Gasteiger partial charge in [0.1, 0.15) is 29.9 Å². The Balaban J connectivity index is 1.88. The van der Waals surface area contributed by atoms with Crippen molar-refractivity contribution in [1.29, 1.82) is 0 Å². The van der Waals surface area contributed by atoms with Crippen molar-refractivity contribution < 1.29 is 18.8 Å². The molecule has 2 aromatic carbocycles. The number of fused-ring (bicyclic) bond motifs is 1. The summed E-state index contributed by atoms with van der Waals surface area (Å²) in [6.45, 7) is 3.13. The van der Waals surface area contributed by atoms with Gasteiger partial charge in [-0.25, -0.2) is 18.4 Å². The van der Waals surface area contributed by atoms with E-state index >= 15 is 0 Å². The van der Waals surface area contributed by atoms with Gasteiger partial charge in [-0.15, -0.1) is 0 Å². The average molecular weight is 428 g/mol. The number of benzene rings is 2. The predicted octanol–water partition coefficient (Wildman–Crippen LogP) is 3.27. The molecular weight excluding hydrogens is 410 g/mol. The normalized spacial score (nSPS) is 14.5. The van der Waals surface area contributed by atoms with Crippen LogP contribution in [-0.4, -0.2) is 34.6 Å². The van der Waals surface area contributed by atoms with Crippen LogP contribution >= 0.6 is 0 Å². The fraction of sp³-hybridized carbons (Fsp3) is 0.250. The molecule has 0 fully saturated rings. The maximum atomic E-state index is 14.8. The van der Waals surface area contributed by atoms with E-state index in [-0.39, 0.29) is 17.8 Å². The third-order valence-electron chi connectivity index (χ3n) is 5.41. The van der Waals surface area contributed by atoms with E-state index in [1.54, 1.807) is 13.8 Å². The van der Waals surface area contributed by atoms with Crippen LogP contribution in [-0.2, 0) is 12.1 Å². The first-order valence-electron chi connectivity index (χ1n) is 9.34. The Morgan fingerprint density at radius 2 is 2.03 bits per heavy atom. The van der Waals surface area contributed by atoms with Gasteiger partial charge in [0.25, 0.3) is 5.69 Å². The Labute approximate surface area is 174 Å². The van der Waals surface area contributed by atoms with E-state index in [0.29, 0.717) is 22.7 Å². The van der Waals surface area contributed by atoms with Crippen LogP contribution in [0.5, 0.6) is 0 Å². The molecule has 9 nitrogen and oxygen atoms in total. The van der Waals surface area contributed by atoms with E-state index in [1.807, 2.05) is 0 Å². The fourth-order valence-electron chi connectivity index (χ4n) is 3.74. The van der Waals surface area contributed by atoms with E-state index in [0.717, 1.165) is 6.07 Å². The van der Waals surface area contributed by atoms with E-state index in [2.05, 4.69) is 15.2 Å². The van der Waals surface area contributed by atoms with Crippen molar-refractivity contribution in [3.63, 3.8) is 0 Å². The summed E-state index contributed by atoms with van der Waals surface area (Å²) >= 11 is 0. The summed E-state index contributed by atoms with van der Waals surface area (Å²) in [6, 6.07) is 6.34. The van der Waals surface area contributed by atoms with Gasteiger partial charge in [-0.1, -0.05) is 6.07 Å². The molecule has 0 unspecified atom stereocenters. The largest absolute Gasteiger partial charge is 0.381 e. The molecule has 0 amide bonds. The number of hydrogen-bond acceptors (Lipinski definition) is 6. The van der Waals surface area contributed by atoms with Crippen LogP contribution in [0.1, 0.15) is 24.2 Å². The maximum Gasteiger partial charge on any atom is 0.270 e. The summed E-state index contributed by atoms with van der Waals surface area (Å²) in [5, 5.41) is 31.8. The highest BCUT2D eigenvalue weighted by molar-refractivity contribution is 5.84. The molecule has 0 aliphatic rings. The molecule has 0 spiro atoms. The highest BCUT2D eigenvalue weighted by Crippen LogP contribution is 2.38. The SMILES string of the molecule is Cc1nn([C@H](C)[C@](O)(Cn2cncn2)c2ccc(F)cc2F)c2ccc([N+](=O)[O-])cc12. The van der Waals surface area contributed by atoms with Crippen LogP contribution in [0, 0.1) is 28.7 Å². The lowest BCUT2D eigenvalue weighted by molar-refractivity contribution is -0.384. The maximum absolute atomic E-state index is 14.8. The summed E-state index contributed by atoms with van der Waals surface area (Å²) in [6.07, 6.45) is 2.65. The minimum absolute atomic E-state index is 0.0924. The first-order valence-corrected chi connectivity index (χ1v) is 9.34. The Bertz CT molecular complexity index is 1270. The van der Waals surface area contributed by atoms with Gasteiger partial charge in [0.2, 0.25) is 0 Å². The number of non-ortho nitro benzene ring substituents is 1. The molecule has 0 bridgehead atoms. The summed E-state index contributed by atoms with van der Waals surface area (Å²) < 4.78 is 31.1. The number of nitro groups is 1. The molecule has 2 heterocycles. The van der Waals surface area contributed by atoms with Crippen molar-refractivity contribution in [3.8, 4) is 0 Å². The third kappa shape index (κ3) is 3.52. The highest BCUT2D eigenvalue weighted by atomic mass is 19.1. The van der Waals surface area contributed by atoms with Crippen molar-refractivity contribution in [1.82, 2.24) is 24.5 Å². The number of halogens is 2. The Morgan fingerprint density at radius 1 is 1.26 bits per heavy atom. The number of aryl methyl sites for hydroxylation is 1. The number of aliphatic hydroxyl groups is 1. The second-order valence-electron chi connectivity index (χ2n) is 7.31. The standard InChI is InChI=1S/C20H18F2N6O3/c1-12-16-8-15(28(30)31)4-6-19(16)27(25-12)13(2)20(29,9-26-11-23-10-24-26)17-5-3-14(21)7-18(17)22/h3-8,10-11,13,29H,9H2,1-2H3/t13-,20-/m1/s1. The second-order valence-corrected chi connectivity index (χ2v) is 7.31. The topological polar surface area (TPSA) is 112 Å². The highest BCUT2D eigenvalue weighted by Gasteiger charge is 2.41. The van der Waals surface area contributed by atoms with Gasteiger partial charge in [-0.05, 0) is 26.0 Å². The van der Waals surface area contributed by atoms with Crippen LogP contribution in [0.4, 0.5) is 14.5 Å². The van der Waals surface area contributed by atoms with Crippen LogP contribution in [0.25, 0.3) is 10.9 Å². The van der Waals surface area contributed by atoms with Crippen molar-refractivity contribution in [3.05, 3.63) is 82.1 Å². The van der Waals surface area contributed by atoms with Gasteiger partial charge < -0.3 is 5.11 Å². The fourth-order valence-corrected chi connectivity index (χ4v) is 3.74. The van der Waals surface area contributed by atoms with Gasteiger partial charge in [-0.3, -0.25) is 14.8 Å². The lowest BCUT2D eigenvalue weighted by atomic mass is 9.86. The van der Waals surface area contributed by atoms with Gasteiger partial charge >= 0.3 is 0 Å². The molecule has 11 heteroatoms. The summed E-state index contributed by atoms with van der Waals surface area (Å²) in [7, 11) is 0. The first-order chi connectivity index (χ1) is 14.7. The zero-order valence-electron chi connectivity index (χ0n) is 16.6. The Hall–Kier alpha value is -3.73. The molecule has 4 aromatic rings. The van der Waals surface area contributed by atoms with Crippen LogP contribution < -0.4 is 0 Å². The molecule has 2 aromatic heterocycles. The number of rotatable bonds is 6. The predicted molar refractivity (Wildman–Crippen MR) is 106 cm³/mol. The van der Waals surface area contributed by atoms with Crippen LogP contribution in [0.3, 0.4) is 0 Å². The molecule has 4 rings (SSSR count). The lowest BCUT2D eigenvalue weighted by Crippen LogP contribution is -2.41. The van der Waals surface area contributed by atoms with E-state index < -0.39 is 28.2 Å². The van der Waals surface area contributed by atoms with Crippen LogP contribution in [0.15, 0.2) is 49.1 Å². The monoisotopic (exact) mass is 428 g/mol. The molecule has 2 atom stereocenters. The van der Waals surface area contributed by atoms with Gasteiger partial charge in [0.15, 0.2) is 0 Å². The van der Waals surface area contributed by atoms with Crippen molar-refractivity contribution >= 4 is 16.6 Å². The van der Waals surface area contributed by atoms with E-state index in [4.69, 9.17) is 0 Å². The number of nitrogens with zero attached hydrogens (tertiary/aromatic N) is 6. The minimum Gasteiger partial charge on any atom is -0.381 e. The van der Waals surface area contributed by atoms with Gasteiger partial charge in [0.05, 0.1) is 28.7 Å². The molecular formula is C20H18F2N6O3. The molecule has 0 saturated heterocycles. The van der Waals surface area contributed by atoms with E-state index in [9.17, 15) is 24.0 Å². The van der Waals surface area contributed by atoms with E-state index in [1.165, 1.54) is 46.3 Å². The molecule has 160 valence electrons. The summed E-state index contributed by atoms with van der Waals surface area (Å²) in [5.74, 6) is -1.69. The zero-order valence-corrected chi connectivity index (χ0v) is 16.6. The molecule has 0 aliphatic heterocycles. The molecule has 0 aliphatic carbocycles. The van der Waals surface area contributed by atoms with Crippen LogP contribution in [0.2, 0.25) is 0 Å². The minimum atomic E-state index is -1.90. The van der Waals surface area contributed by atoms with Crippen molar-refractivity contribution in [2.75, 3.05) is 0 Å². The second kappa shape index (κ2) is 7.51. The van der Waals surface area contributed by atoms with Gasteiger partial charge in [-0.2, -0.15) is 10.2 Å². The van der Waals surface area contributed by atoms with Crippen molar-refractivity contribution in [2.24, 2.45) is 0 Å². The molecule has 0 saturated carbocycles. The first kappa shape index (κ1) is 20.5. The van der Waals surface area contributed by atoms with Crippen molar-refractivity contribution in [2.45, 2.75) is 32.0 Å². The molecule has 0 radical (unpaired) electrons. The average Bonchev–Trinajstić information content (AvgIpc) is 3.34. The van der Waals surface area contributed by atoms with Gasteiger partial charge in [0, 0.05) is 29.1 Å².